The maximum atomic E-state index is 13.8. The van der Waals surface area contributed by atoms with Gasteiger partial charge in [0, 0.05) is 54.4 Å². The predicted octanol–water partition coefficient (Wildman–Crippen LogP) is 5.85. The summed E-state index contributed by atoms with van der Waals surface area (Å²) < 4.78 is 68.6. The molecule has 0 radical (unpaired) electrons. The van der Waals surface area contributed by atoms with Crippen molar-refractivity contribution in [2.75, 3.05) is 19.6 Å². The Kier molecular flexibility index (Phi) is 9.22. The van der Waals surface area contributed by atoms with Crippen molar-refractivity contribution in [1.82, 2.24) is 9.80 Å². The van der Waals surface area contributed by atoms with E-state index < -0.39 is 30.0 Å². The van der Waals surface area contributed by atoms with Gasteiger partial charge < -0.3 is 10.6 Å². The van der Waals surface area contributed by atoms with E-state index in [1.807, 2.05) is 11.8 Å². The Morgan fingerprint density at radius 2 is 2.11 bits per heavy atom. The second-order valence-electron chi connectivity index (χ2n) is 9.40. The van der Waals surface area contributed by atoms with E-state index >= 15 is 0 Å². The quantitative estimate of drug-likeness (QED) is 0.331. The number of allylic oxidation sites excluding steroid dienone is 8. The van der Waals surface area contributed by atoms with Crippen LogP contribution in [-0.2, 0) is 4.79 Å². The van der Waals surface area contributed by atoms with Crippen LogP contribution in [0.15, 0.2) is 70.2 Å². The summed E-state index contributed by atoms with van der Waals surface area (Å²) in [6, 6.07) is -0.591. The maximum Gasteiger partial charge on any atom is 0.395 e. The third-order valence-corrected chi connectivity index (χ3v) is 6.98. The molecule has 0 aromatic heterocycles. The van der Waals surface area contributed by atoms with Gasteiger partial charge in [-0.3, -0.25) is 9.69 Å². The number of amides is 1. The standard InChI is InChI=1S/C26H31ClF5N3O/c1-16(7-8-24(33)17(2)27)35(14-18-5-3-4-6-23(18)26(30,31)32)22-9-10-34(15-22)25(36)19-11-20(28)13-21(29)12-19/h3-5,7-8,11,13,16,21-23H,6,9-10,12,14-15,33H2,1-2H3/b8-7-,24-17-/t16?,21?,22-,23?/m0/s1. The summed E-state index contributed by atoms with van der Waals surface area (Å²) in [4.78, 5) is 16.4. The molecule has 0 aromatic rings. The number of nitrogens with zero attached hydrogens (tertiary/aromatic N) is 2. The van der Waals surface area contributed by atoms with Gasteiger partial charge >= 0.3 is 6.18 Å². The topological polar surface area (TPSA) is 49.6 Å². The van der Waals surface area contributed by atoms with E-state index in [2.05, 4.69) is 0 Å². The van der Waals surface area contributed by atoms with Crippen molar-refractivity contribution >= 4 is 17.5 Å². The lowest BCUT2D eigenvalue weighted by Gasteiger charge is -2.36. The van der Waals surface area contributed by atoms with E-state index in [4.69, 9.17) is 17.3 Å². The van der Waals surface area contributed by atoms with Gasteiger partial charge in [-0.2, -0.15) is 13.2 Å². The van der Waals surface area contributed by atoms with Crippen LogP contribution in [0.3, 0.4) is 0 Å². The average molecular weight is 532 g/mol. The van der Waals surface area contributed by atoms with Crippen LogP contribution in [0.1, 0.15) is 33.1 Å². The highest BCUT2D eigenvalue weighted by atomic mass is 35.5. The molecule has 0 aromatic carbocycles. The van der Waals surface area contributed by atoms with Crippen molar-refractivity contribution < 1.29 is 26.7 Å². The smallest absolute Gasteiger partial charge is 0.395 e. The van der Waals surface area contributed by atoms with Gasteiger partial charge in [0.2, 0.25) is 5.91 Å². The number of alkyl halides is 4. The van der Waals surface area contributed by atoms with Crippen LogP contribution in [0.2, 0.25) is 0 Å². The second kappa shape index (κ2) is 11.8. The molecule has 0 spiro atoms. The van der Waals surface area contributed by atoms with Crippen LogP contribution < -0.4 is 5.73 Å². The van der Waals surface area contributed by atoms with Crippen LogP contribution in [0.5, 0.6) is 0 Å². The molecule has 3 rings (SSSR count). The summed E-state index contributed by atoms with van der Waals surface area (Å²) >= 11 is 5.93. The van der Waals surface area contributed by atoms with E-state index in [-0.39, 0.29) is 49.2 Å². The minimum Gasteiger partial charge on any atom is -0.398 e. The molecule has 1 heterocycles. The molecular formula is C26H31ClF5N3O. The molecule has 1 saturated heterocycles. The normalized spacial score (nSPS) is 26.6. The molecule has 4 nitrogen and oxygen atoms in total. The number of halogens is 6. The lowest BCUT2D eigenvalue weighted by atomic mass is 9.89. The van der Waals surface area contributed by atoms with E-state index in [0.717, 1.165) is 12.2 Å². The fourth-order valence-electron chi connectivity index (χ4n) is 4.73. The highest BCUT2D eigenvalue weighted by Crippen LogP contribution is 2.38. The number of hydrogen-bond acceptors (Lipinski definition) is 3. The Hall–Kier alpha value is -2.39. The molecular weight excluding hydrogens is 501 g/mol. The van der Waals surface area contributed by atoms with Gasteiger partial charge in [-0.05, 0) is 50.5 Å². The second-order valence-corrected chi connectivity index (χ2v) is 9.96. The van der Waals surface area contributed by atoms with E-state index in [1.165, 1.54) is 17.1 Å². The summed E-state index contributed by atoms with van der Waals surface area (Å²) in [5.41, 5.74) is 6.54. The van der Waals surface area contributed by atoms with Crippen molar-refractivity contribution in [2.45, 2.75) is 57.5 Å². The third-order valence-electron chi connectivity index (χ3n) is 6.76. The van der Waals surface area contributed by atoms with Gasteiger partial charge in [-0.25, -0.2) is 8.78 Å². The molecule has 10 heteroatoms. The Morgan fingerprint density at radius 3 is 2.75 bits per heavy atom. The van der Waals surface area contributed by atoms with Crippen molar-refractivity contribution in [1.29, 1.82) is 0 Å². The number of likely N-dealkylation sites (tertiary alicyclic amines) is 1. The van der Waals surface area contributed by atoms with Gasteiger partial charge in [0.25, 0.3) is 0 Å². The van der Waals surface area contributed by atoms with Gasteiger partial charge in [0.05, 0.1) is 5.92 Å². The van der Waals surface area contributed by atoms with Crippen molar-refractivity contribution in [2.24, 2.45) is 11.7 Å². The first-order chi connectivity index (χ1) is 16.9. The number of carbonyl (C=O) groups is 1. The largest absolute Gasteiger partial charge is 0.398 e. The first-order valence-corrected chi connectivity index (χ1v) is 12.2. The van der Waals surface area contributed by atoms with Gasteiger partial charge in [0.15, 0.2) is 0 Å². The minimum absolute atomic E-state index is 0.0445. The van der Waals surface area contributed by atoms with Crippen LogP contribution in [-0.4, -0.2) is 59.8 Å². The van der Waals surface area contributed by atoms with Crippen LogP contribution >= 0.6 is 11.6 Å². The first-order valence-electron chi connectivity index (χ1n) is 11.9. The van der Waals surface area contributed by atoms with Crippen molar-refractivity contribution in [3.63, 3.8) is 0 Å². The molecule has 36 heavy (non-hydrogen) atoms. The van der Waals surface area contributed by atoms with E-state index in [0.29, 0.717) is 23.7 Å². The monoisotopic (exact) mass is 531 g/mol. The Bertz CT molecular complexity index is 1020. The Labute approximate surface area is 213 Å². The van der Waals surface area contributed by atoms with Crippen molar-refractivity contribution in [3.05, 3.63) is 70.2 Å². The lowest BCUT2D eigenvalue weighted by Crippen LogP contribution is -2.46. The summed E-state index contributed by atoms with van der Waals surface area (Å²) in [5.74, 6) is -2.83. The summed E-state index contributed by atoms with van der Waals surface area (Å²) in [6.45, 7) is 4.09. The fourth-order valence-corrected chi connectivity index (χ4v) is 4.79. The van der Waals surface area contributed by atoms with E-state index in [9.17, 15) is 26.7 Å². The zero-order valence-corrected chi connectivity index (χ0v) is 21.0. The number of carbonyl (C=O) groups excluding carboxylic acids is 1. The average Bonchev–Trinajstić information content (AvgIpc) is 3.29. The van der Waals surface area contributed by atoms with E-state index in [1.54, 1.807) is 25.2 Å². The molecule has 198 valence electrons. The SMILES string of the molecule is C/C(Cl)=C(N)\C=C/C(C)N(CC1=CC=CCC1C(F)(F)F)[C@H]1CCN(C(=O)C2=CC(F)=CC(F)C2)C1. The van der Waals surface area contributed by atoms with Crippen LogP contribution in [0.4, 0.5) is 22.0 Å². The third kappa shape index (κ3) is 7.09. The molecule has 1 amide bonds. The maximum absolute atomic E-state index is 13.8. The molecule has 1 aliphatic heterocycles. The predicted molar refractivity (Wildman–Crippen MR) is 131 cm³/mol. The summed E-state index contributed by atoms with van der Waals surface area (Å²) in [6.07, 6.45) is 4.14. The summed E-state index contributed by atoms with van der Waals surface area (Å²) in [7, 11) is 0. The molecule has 4 atom stereocenters. The van der Waals surface area contributed by atoms with Gasteiger partial charge in [0.1, 0.15) is 12.0 Å². The molecule has 0 bridgehead atoms. The van der Waals surface area contributed by atoms with Crippen molar-refractivity contribution in [3.8, 4) is 0 Å². The zero-order chi connectivity index (χ0) is 26.6. The Balaban J connectivity index is 1.83. The first kappa shape index (κ1) is 28.2. The van der Waals surface area contributed by atoms with Gasteiger partial charge in [-0.1, -0.05) is 35.9 Å². The number of nitrogens with two attached hydrogens (primary N) is 1. The van der Waals surface area contributed by atoms with Crippen LogP contribution in [0, 0.1) is 5.92 Å². The number of hydrogen-bond donors (Lipinski definition) is 1. The van der Waals surface area contributed by atoms with Crippen LogP contribution in [0.25, 0.3) is 0 Å². The van der Waals surface area contributed by atoms with Gasteiger partial charge in [-0.15, -0.1) is 0 Å². The number of rotatable bonds is 7. The summed E-state index contributed by atoms with van der Waals surface area (Å²) in [5, 5.41) is 0.396. The zero-order valence-electron chi connectivity index (χ0n) is 20.2. The molecule has 0 saturated carbocycles. The Morgan fingerprint density at radius 1 is 1.39 bits per heavy atom. The molecule has 2 aliphatic carbocycles. The highest BCUT2D eigenvalue weighted by Gasteiger charge is 2.43. The fraction of sp³-hybridized carbons (Fsp3) is 0.500. The lowest BCUT2D eigenvalue weighted by molar-refractivity contribution is -0.164. The molecule has 1 fully saturated rings. The molecule has 2 N–H and O–H groups in total. The molecule has 3 aliphatic rings. The highest BCUT2D eigenvalue weighted by molar-refractivity contribution is 6.29. The minimum atomic E-state index is -4.38. The molecule has 3 unspecified atom stereocenters.